The molecule has 0 saturated carbocycles. The maximum Gasteiger partial charge on any atom is 0.214 e. The van der Waals surface area contributed by atoms with Gasteiger partial charge in [0.2, 0.25) is 15.4 Å². The molecule has 6 heteroatoms. The maximum atomic E-state index is 13.7. The van der Waals surface area contributed by atoms with Gasteiger partial charge in [-0.05, 0) is 75.4 Å². The lowest BCUT2D eigenvalue weighted by Crippen LogP contribution is -2.31. The molecule has 4 rings (SSSR count). The van der Waals surface area contributed by atoms with Gasteiger partial charge in [0.1, 0.15) is 5.75 Å². The minimum atomic E-state index is -3.69. The first-order valence-corrected chi connectivity index (χ1v) is 12.1. The Morgan fingerprint density at radius 2 is 1.77 bits per heavy atom. The highest BCUT2D eigenvalue weighted by Gasteiger charge is 2.30. The Hall–Kier alpha value is -2.60. The number of hydrogen-bond donors (Lipinski definition) is 0. The van der Waals surface area contributed by atoms with E-state index in [-0.39, 0.29) is 0 Å². The third-order valence-electron chi connectivity index (χ3n) is 5.90. The van der Waals surface area contributed by atoms with Crippen molar-refractivity contribution in [2.24, 2.45) is 0 Å². The topological polar surface area (TPSA) is 60.8 Å². The number of aryl methyl sites for hydroxylation is 2. The molecule has 1 N–H and O–H groups in total. The smallest absolute Gasteiger partial charge is 0.214 e. The number of aromatic amines is 1. The summed E-state index contributed by atoms with van der Waals surface area (Å²) in [5.41, 5.74) is 3.73. The number of anilines is 1. The molecule has 0 spiro atoms. The fraction of sp³-hybridized carbons (Fsp3) is 0.375. The predicted molar refractivity (Wildman–Crippen MR) is 119 cm³/mol. The van der Waals surface area contributed by atoms with Crippen LogP contribution in [0.5, 0.6) is 5.75 Å². The fourth-order valence-electron chi connectivity index (χ4n) is 4.10. The van der Waals surface area contributed by atoms with E-state index < -0.39 is 9.84 Å². The van der Waals surface area contributed by atoms with E-state index in [0.29, 0.717) is 16.4 Å². The van der Waals surface area contributed by atoms with Gasteiger partial charge in [0.25, 0.3) is 0 Å². The van der Waals surface area contributed by atoms with Crippen molar-refractivity contribution in [3.63, 3.8) is 0 Å². The molecule has 0 radical (unpaired) electrons. The molecule has 2 aromatic carbocycles. The zero-order valence-electron chi connectivity index (χ0n) is 17.9. The molecule has 0 amide bonds. The monoisotopic (exact) mass is 425 g/mol. The summed E-state index contributed by atoms with van der Waals surface area (Å²) in [4.78, 5) is 6.09. The number of nitrogens with one attached hydrogen (secondary N) is 1. The summed E-state index contributed by atoms with van der Waals surface area (Å²) in [6.45, 7) is 8.16. The average molecular weight is 426 g/mol. The van der Waals surface area contributed by atoms with Crippen molar-refractivity contribution in [2.75, 3.05) is 24.6 Å². The first kappa shape index (κ1) is 20.7. The highest BCUT2D eigenvalue weighted by atomic mass is 32.2. The molecule has 1 aliphatic rings. The molecule has 0 bridgehead atoms. The normalized spacial score (nSPS) is 14.8. The lowest BCUT2D eigenvalue weighted by molar-refractivity contribution is -0.347. The molecule has 1 aromatic heterocycles. The Labute approximate surface area is 178 Å². The van der Waals surface area contributed by atoms with Crippen LogP contribution in [0.4, 0.5) is 5.69 Å². The summed E-state index contributed by atoms with van der Waals surface area (Å²) in [6, 6.07) is 11.2. The summed E-state index contributed by atoms with van der Waals surface area (Å²) in [5, 5.41) is 0.882. The van der Waals surface area contributed by atoms with Gasteiger partial charge in [-0.25, -0.2) is 13.4 Å². The van der Waals surface area contributed by atoms with Gasteiger partial charge in [-0.1, -0.05) is 6.07 Å². The molecular weight excluding hydrogens is 396 g/mol. The number of piperidine rings is 1. The number of H-pyrrole nitrogens is 1. The Balaban J connectivity index is 1.96. The van der Waals surface area contributed by atoms with Gasteiger partial charge in [0, 0.05) is 19.2 Å². The standard InChI is InChI=1S/C24H28N2O3S/c1-4-29-19-9-11-22-21(15-19)24(26-12-6-5-7-13-26)23(16-25-22)30(27,28)20-10-8-17(2)18(3)14-20/h8-11,14-16H,4-7,12-13H2,1-3H3/p+1. The van der Waals surface area contributed by atoms with E-state index in [1.165, 1.54) is 6.42 Å². The number of hydrogen-bond acceptors (Lipinski definition) is 4. The van der Waals surface area contributed by atoms with Gasteiger partial charge in [-0.15, -0.1) is 0 Å². The number of sulfone groups is 1. The maximum absolute atomic E-state index is 13.7. The Bertz CT molecular complexity index is 1180. The van der Waals surface area contributed by atoms with E-state index in [2.05, 4.69) is 9.88 Å². The third kappa shape index (κ3) is 3.76. The van der Waals surface area contributed by atoms with E-state index >= 15 is 0 Å². The van der Waals surface area contributed by atoms with Crippen LogP contribution in [0.1, 0.15) is 37.3 Å². The molecule has 0 aliphatic carbocycles. The zero-order chi connectivity index (χ0) is 21.3. The largest absolute Gasteiger partial charge is 0.494 e. The number of aromatic nitrogens is 1. The number of ether oxygens (including phenoxy) is 1. The molecule has 30 heavy (non-hydrogen) atoms. The summed E-state index contributed by atoms with van der Waals surface area (Å²) < 4.78 is 33.2. The third-order valence-corrected chi connectivity index (χ3v) is 7.66. The van der Waals surface area contributed by atoms with E-state index in [4.69, 9.17) is 4.74 Å². The minimum absolute atomic E-state index is 0.328. The van der Waals surface area contributed by atoms with Crippen molar-refractivity contribution in [1.29, 1.82) is 0 Å². The number of pyridine rings is 1. The van der Waals surface area contributed by atoms with Crippen molar-refractivity contribution >= 4 is 26.4 Å². The highest BCUT2D eigenvalue weighted by molar-refractivity contribution is 7.91. The van der Waals surface area contributed by atoms with Crippen LogP contribution in [0, 0.1) is 13.8 Å². The van der Waals surface area contributed by atoms with Gasteiger partial charge in [-0.3, -0.25) is 0 Å². The van der Waals surface area contributed by atoms with Crippen molar-refractivity contribution < 1.29 is 18.1 Å². The molecule has 1 saturated heterocycles. The van der Waals surface area contributed by atoms with Gasteiger partial charge < -0.3 is 9.64 Å². The number of benzene rings is 2. The molecule has 158 valence electrons. The summed E-state index contributed by atoms with van der Waals surface area (Å²) >= 11 is 0. The van der Waals surface area contributed by atoms with Crippen LogP contribution in [0.15, 0.2) is 52.4 Å². The molecule has 1 aliphatic heterocycles. The first-order chi connectivity index (χ1) is 14.4. The summed E-state index contributed by atoms with van der Waals surface area (Å²) in [7, 11) is -3.69. The van der Waals surface area contributed by atoms with E-state index in [9.17, 15) is 8.42 Å². The van der Waals surface area contributed by atoms with Gasteiger partial charge in [-0.2, -0.15) is 0 Å². The summed E-state index contributed by atoms with van der Waals surface area (Å²) in [6.07, 6.45) is 4.96. The van der Waals surface area contributed by atoms with Crippen molar-refractivity contribution in [2.45, 2.75) is 49.8 Å². The van der Waals surface area contributed by atoms with Crippen LogP contribution in [0.2, 0.25) is 0 Å². The molecule has 0 unspecified atom stereocenters. The van der Waals surface area contributed by atoms with Crippen molar-refractivity contribution in [3.8, 4) is 5.75 Å². The van der Waals surface area contributed by atoms with Crippen LogP contribution in [0.3, 0.4) is 0 Å². The van der Waals surface area contributed by atoms with Crippen LogP contribution < -0.4 is 14.6 Å². The Morgan fingerprint density at radius 3 is 2.47 bits per heavy atom. The van der Waals surface area contributed by atoms with Crippen LogP contribution >= 0.6 is 0 Å². The van der Waals surface area contributed by atoms with Crippen LogP contribution in [-0.4, -0.2) is 28.1 Å². The SMILES string of the molecule is CCOc1ccc2[nH+]cc(S(=O)(=O)c3ccc(C)c(C)c3)c(N3CCCCC3)c2c1. The van der Waals surface area contributed by atoms with E-state index in [1.807, 2.05) is 45.0 Å². The first-order valence-electron chi connectivity index (χ1n) is 10.6. The molecule has 3 aromatic rings. The zero-order valence-corrected chi connectivity index (χ0v) is 18.7. The number of rotatable bonds is 5. The lowest BCUT2D eigenvalue weighted by atomic mass is 10.1. The molecule has 0 atom stereocenters. The molecular formula is C24H29N2O3S+. The van der Waals surface area contributed by atoms with Gasteiger partial charge in [0.15, 0.2) is 11.1 Å². The van der Waals surface area contributed by atoms with Crippen LogP contribution in [-0.2, 0) is 9.84 Å². The lowest BCUT2D eigenvalue weighted by Gasteiger charge is -2.30. The van der Waals surface area contributed by atoms with Crippen molar-refractivity contribution in [3.05, 3.63) is 53.7 Å². The predicted octanol–water partition coefficient (Wildman–Crippen LogP) is 4.49. The fourth-order valence-corrected chi connectivity index (χ4v) is 5.64. The number of nitrogens with zero attached hydrogens (tertiary/aromatic N) is 1. The van der Waals surface area contributed by atoms with Gasteiger partial charge in [0.05, 0.1) is 22.6 Å². The highest BCUT2D eigenvalue weighted by Crippen LogP contribution is 2.37. The molecule has 1 fully saturated rings. The average Bonchev–Trinajstić information content (AvgIpc) is 2.75. The van der Waals surface area contributed by atoms with Crippen LogP contribution in [0.25, 0.3) is 10.9 Å². The van der Waals surface area contributed by atoms with Crippen molar-refractivity contribution in [1.82, 2.24) is 0 Å². The second-order valence-electron chi connectivity index (χ2n) is 7.94. The van der Waals surface area contributed by atoms with E-state index in [1.54, 1.807) is 18.3 Å². The number of fused-ring (bicyclic) bond motifs is 1. The molecule has 5 nitrogen and oxygen atoms in total. The Kier molecular flexibility index (Phi) is 5.69. The Morgan fingerprint density at radius 1 is 1.00 bits per heavy atom. The second-order valence-corrected chi connectivity index (χ2v) is 9.86. The summed E-state index contributed by atoms with van der Waals surface area (Å²) in [5.74, 6) is 0.748. The van der Waals surface area contributed by atoms with E-state index in [0.717, 1.165) is 59.4 Å². The second kappa shape index (κ2) is 8.26. The molecule has 2 heterocycles. The minimum Gasteiger partial charge on any atom is -0.494 e. The quantitative estimate of drug-likeness (QED) is 0.604. The van der Waals surface area contributed by atoms with Gasteiger partial charge >= 0.3 is 0 Å².